The van der Waals surface area contributed by atoms with Gasteiger partial charge in [-0.1, -0.05) is 18.1 Å². The number of nitrogens with two attached hydrogens (primary N) is 1. The zero-order chi connectivity index (χ0) is 9.97. The summed E-state index contributed by atoms with van der Waals surface area (Å²) in [5.74, 6) is 3.88. The van der Waals surface area contributed by atoms with Crippen molar-refractivity contribution < 1.29 is 9.47 Å². The van der Waals surface area contributed by atoms with E-state index in [1.807, 2.05) is 18.2 Å². The molecule has 1 unspecified atom stereocenters. The molecular formula is C11H11NO2. The van der Waals surface area contributed by atoms with E-state index in [0.717, 1.165) is 11.3 Å². The number of terminal acetylenes is 1. The highest BCUT2D eigenvalue weighted by molar-refractivity contribution is 5.50. The van der Waals surface area contributed by atoms with Gasteiger partial charge in [0.1, 0.15) is 13.2 Å². The molecule has 0 aliphatic carbocycles. The number of rotatable bonds is 1. The average Bonchev–Trinajstić information content (AvgIpc) is 2.27. The van der Waals surface area contributed by atoms with Crippen LogP contribution in [0.4, 0.5) is 0 Å². The van der Waals surface area contributed by atoms with Gasteiger partial charge < -0.3 is 15.2 Å². The minimum Gasteiger partial charge on any atom is -0.486 e. The number of hydrogen-bond acceptors (Lipinski definition) is 3. The first kappa shape index (κ1) is 8.92. The van der Waals surface area contributed by atoms with Crippen LogP contribution in [-0.2, 0) is 0 Å². The Kier molecular flexibility index (Phi) is 2.30. The Hall–Kier alpha value is -1.66. The molecule has 14 heavy (non-hydrogen) atoms. The second-order valence-electron chi connectivity index (χ2n) is 3.02. The van der Waals surface area contributed by atoms with Crippen LogP contribution in [0, 0.1) is 12.3 Å². The van der Waals surface area contributed by atoms with Crippen LogP contribution in [0.2, 0.25) is 0 Å². The molecule has 0 saturated carbocycles. The highest BCUT2D eigenvalue weighted by Gasteiger charge is 2.18. The molecule has 0 spiro atoms. The zero-order valence-corrected chi connectivity index (χ0v) is 7.69. The summed E-state index contributed by atoms with van der Waals surface area (Å²) in [5, 5.41) is 0. The Balaban J connectivity index is 2.46. The van der Waals surface area contributed by atoms with Crippen LogP contribution < -0.4 is 15.2 Å². The molecule has 0 saturated heterocycles. The maximum atomic E-state index is 5.75. The van der Waals surface area contributed by atoms with Crippen LogP contribution in [0.5, 0.6) is 11.5 Å². The summed E-state index contributed by atoms with van der Waals surface area (Å²) in [6.07, 6.45) is 5.27. The van der Waals surface area contributed by atoms with Crippen molar-refractivity contribution in [1.82, 2.24) is 0 Å². The number of hydrogen-bond donors (Lipinski definition) is 1. The van der Waals surface area contributed by atoms with Gasteiger partial charge in [-0.2, -0.15) is 0 Å². The second kappa shape index (κ2) is 3.60. The zero-order valence-electron chi connectivity index (χ0n) is 7.69. The third-order valence-electron chi connectivity index (χ3n) is 2.11. The Morgan fingerprint density at radius 3 is 2.93 bits per heavy atom. The van der Waals surface area contributed by atoms with E-state index in [1.54, 1.807) is 0 Å². The number of fused-ring (bicyclic) bond motifs is 1. The molecule has 1 atom stereocenters. The molecule has 1 heterocycles. The van der Waals surface area contributed by atoms with Gasteiger partial charge in [0, 0.05) is 5.56 Å². The molecule has 0 bridgehead atoms. The molecule has 2 N–H and O–H groups in total. The summed E-state index contributed by atoms with van der Waals surface area (Å²) < 4.78 is 10.9. The number of ether oxygens (including phenoxy) is 2. The predicted molar refractivity (Wildman–Crippen MR) is 53.2 cm³/mol. The minimum atomic E-state index is -0.438. The predicted octanol–water partition coefficient (Wildman–Crippen LogP) is 1.09. The summed E-state index contributed by atoms with van der Waals surface area (Å²) in [6.45, 7) is 1.11. The van der Waals surface area contributed by atoms with E-state index in [4.69, 9.17) is 21.6 Å². The molecule has 1 aromatic rings. The Bertz CT molecular complexity index is 381. The third kappa shape index (κ3) is 1.40. The topological polar surface area (TPSA) is 44.5 Å². The Morgan fingerprint density at radius 1 is 1.36 bits per heavy atom. The minimum absolute atomic E-state index is 0.438. The molecule has 0 amide bonds. The van der Waals surface area contributed by atoms with Crippen molar-refractivity contribution in [1.29, 1.82) is 0 Å². The lowest BCUT2D eigenvalue weighted by atomic mass is 10.1. The van der Waals surface area contributed by atoms with E-state index in [1.165, 1.54) is 0 Å². The van der Waals surface area contributed by atoms with Crippen molar-refractivity contribution in [3.05, 3.63) is 23.8 Å². The number of benzene rings is 1. The Morgan fingerprint density at radius 2 is 2.14 bits per heavy atom. The first-order chi connectivity index (χ1) is 6.83. The Labute approximate surface area is 82.8 Å². The average molecular weight is 189 g/mol. The molecule has 72 valence electrons. The van der Waals surface area contributed by atoms with E-state index >= 15 is 0 Å². The van der Waals surface area contributed by atoms with Gasteiger partial charge in [0.25, 0.3) is 0 Å². The van der Waals surface area contributed by atoms with Gasteiger partial charge in [-0.25, -0.2) is 0 Å². The van der Waals surface area contributed by atoms with Crippen molar-refractivity contribution >= 4 is 0 Å². The first-order valence-electron chi connectivity index (χ1n) is 4.43. The molecule has 1 aliphatic rings. The van der Waals surface area contributed by atoms with Gasteiger partial charge in [-0.15, -0.1) is 6.42 Å². The summed E-state index contributed by atoms with van der Waals surface area (Å²) in [4.78, 5) is 0. The lowest BCUT2D eigenvalue weighted by Gasteiger charge is -2.21. The fourth-order valence-corrected chi connectivity index (χ4v) is 1.43. The molecule has 3 nitrogen and oxygen atoms in total. The van der Waals surface area contributed by atoms with Crippen molar-refractivity contribution in [2.75, 3.05) is 13.2 Å². The smallest absolute Gasteiger partial charge is 0.167 e. The summed E-state index contributed by atoms with van der Waals surface area (Å²) in [6, 6.07) is 5.13. The van der Waals surface area contributed by atoms with Crippen molar-refractivity contribution in [3.8, 4) is 23.8 Å². The molecule has 3 heteroatoms. The van der Waals surface area contributed by atoms with Crippen molar-refractivity contribution in [2.45, 2.75) is 6.04 Å². The highest BCUT2D eigenvalue weighted by atomic mass is 16.6. The van der Waals surface area contributed by atoms with Crippen molar-refractivity contribution in [3.63, 3.8) is 0 Å². The van der Waals surface area contributed by atoms with Crippen LogP contribution >= 0.6 is 0 Å². The van der Waals surface area contributed by atoms with Gasteiger partial charge >= 0.3 is 0 Å². The molecular weight excluding hydrogens is 178 g/mol. The molecule has 1 aliphatic heterocycles. The van der Waals surface area contributed by atoms with E-state index in [9.17, 15) is 0 Å². The van der Waals surface area contributed by atoms with E-state index in [-0.39, 0.29) is 0 Å². The van der Waals surface area contributed by atoms with Crippen LogP contribution in [0.1, 0.15) is 11.6 Å². The quantitative estimate of drug-likeness (QED) is 0.672. The van der Waals surface area contributed by atoms with Crippen LogP contribution in [-0.4, -0.2) is 13.2 Å². The van der Waals surface area contributed by atoms with Gasteiger partial charge in [0.05, 0.1) is 6.04 Å². The summed E-state index contributed by atoms with van der Waals surface area (Å²) in [5.41, 5.74) is 6.56. The lowest BCUT2D eigenvalue weighted by Crippen LogP contribution is -2.18. The number of para-hydroxylation sites is 1. The summed E-state index contributed by atoms with van der Waals surface area (Å²) >= 11 is 0. The molecule has 1 aromatic carbocycles. The highest BCUT2D eigenvalue weighted by Crippen LogP contribution is 2.35. The first-order valence-corrected chi connectivity index (χ1v) is 4.43. The third-order valence-corrected chi connectivity index (χ3v) is 2.11. The van der Waals surface area contributed by atoms with Crippen LogP contribution in [0.15, 0.2) is 18.2 Å². The monoisotopic (exact) mass is 189 g/mol. The molecule has 0 aromatic heterocycles. The van der Waals surface area contributed by atoms with E-state index < -0.39 is 6.04 Å². The standard InChI is InChI=1S/C11H11NO2/c1-2-9(12)8-4-3-5-10-11(8)14-7-6-13-10/h1,3-5,9H,6-7,12H2. The fourth-order valence-electron chi connectivity index (χ4n) is 1.43. The summed E-state index contributed by atoms with van der Waals surface area (Å²) in [7, 11) is 0. The van der Waals surface area contributed by atoms with Gasteiger partial charge in [0.2, 0.25) is 0 Å². The normalized spacial score (nSPS) is 15.7. The van der Waals surface area contributed by atoms with Gasteiger partial charge in [-0.05, 0) is 6.07 Å². The molecule has 0 radical (unpaired) electrons. The van der Waals surface area contributed by atoms with E-state index in [2.05, 4.69) is 5.92 Å². The maximum absolute atomic E-state index is 5.75. The van der Waals surface area contributed by atoms with Crippen LogP contribution in [0.3, 0.4) is 0 Å². The molecule has 2 rings (SSSR count). The van der Waals surface area contributed by atoms with Gasteiger partial charge in [-0.3, -0.25) is 0 Å². The van der Waals surface area contributed by atoms with E-state index in [0.29, 0.717) is 19.0 Å². The largest absolute Gasteiger partial charge is 0.486 e. The fraction of sp³-hybridized carbons (Fsp3) is 0.273. The molecule has 0 fully saturated rings. The maximum Gasteiger partial charge on any atom is 0.167 e. The SMILES string of the molecule is C#CC(N)c1cccc2c1OCCO2. The lowest BCUT2D eigenvalue weighted by molar-refractivity contribution is 0.169. The van der Waals surface area contributed by atoms with Crippen molar-refractivity contribution in [2.24, 2.45) is 5.73 Å². The second-order valence-corrected chi connectivity index (χ2v) is 3.02. The van der Waals surface area contributed by atoms with Crippen LogP contribution in [0.25, 0.3) is 0 Å². The van der Waals surface area contributed by atoms with Gasteiger partial charge in [0.15, 0.2) is 11.5 Å².